The van der Waals surface area contributed by atoms with Gasteiger partial charge < -0.3 is 5.11 Å². The molecule has 20 heavy (non-hydrogen) atoms. The molecule has 1 aliphatic heterocycles. The van der Waals surface area contributed by atoms with Gasteiger partial charge in [0.2, 0.25) is 11.8 Å². The highest BCUT2D eigenvalue weighted by atomic mass is 32.2. The van der Waals surface area contributed by atoms with Crippen molar-refractivity contribution >= 4 is 35.2 Å². The highest BCUT2D eigenvalue weighted by Crippen LogP contribution is 2.33. The van der Waals surface area contributed by atoms with Gasteiger partial charge in [-0.05, 0) is 25.0 Å². The Labute approximate surface area is 121 Å². The first-order valence-electron chi connectivity index (χ1n) is 6.18. The van der Waals surface area contributed by atoms with E-state index in [4.69, 9.17) is 5.11 Å². The zero-order valence-corrected chi connectivity index (χ0v) is 12.1. The van der Waals surface area contributed by atoms with Gasteiger partial charge in [0.1, 0.15) is 0 Å². The van der Waals surface area contributed by atoms with Crippen molar-refractivity contribution in [3.05, 3.63) is 29.3 Å². The molecule has 2 amide bonds. The lowest BCUT2D eigenvalue weighted by molar-refractivity contribution is -0.134. The van der Waals surface area contributed by atoms with Gasteiger partial charge in [-0.2, -0.15) is 0 Å². The van der Waals surface area contributed by atoms with Crippen LogP contribution in [-0.4, -0.2) is 33.9 Å². The number of carbonyl (C=O) groups excluding carboxylic acids is 2. The van der Waals surface area contributed by atoms with Crippen molar-refractivity contribution in [2.45, 2.75) is 25.5 Å². The lowest BCUT2D eigenvalue weighted by atomic mass is 10.1. The van der Waals surface area contributed by atoms with Crippen molar-refractivity contribution in [2.75, 3.05) is 10.7 Å². The predicted molar refractivity (Wildman–Crippen MR) is 76.9 cm³/mol. The minimum absolute atomic E-state index is 0.0601. The molecule has 2 rings (SSSR count). The molecule has 5 nitrogen and oxygen atoms in total. The monoisotopic (exact) mass is 293 g/mol. The zero-order chi connectivity index (χ0) is 14.9. The molecule has 1 aliphatic rings. The largest absolute Gasteiger partial charge is 0.481 e. The van der Waals surface area contributed by atoms with Gasteiger partial charge in [0, 0.05) is 6.42 Å². The predicted octanol–water partition coefficient (Wildman–Crippen LogP) is 1.75. The molecule has 1 fully saturated rings. The summed E-state index contributed by atoms with van der Waals surface area (Å²) in [7, 11) is 0. The van der Waals surface area contributed by atoms with Crippen molar-refractivity contribution in [3.8, 4) is 0 Å². The minimum Gasteiger partial charge on any atom is -0.481 e. The van der Waals surface area contributed by atoms with Crippen LogP contribution < -0.4 is 4.90 Å². The fourth-order valence-corrected chi connectivity index (χ4v) is 3.15. The van der Waals surface area contributed by atoms with Crippen molar-refractivity contribution < 1.29 is 19.5 Å². The van der Waals surface area contributed by atoms with Gasteiger partial charge in [-0.1, -0.05) is 18.2 Å². The van der Waals surface area contributed by atoms with Crippen LogP contribution in [-0.2, 0) is 14.4 Å². The zero-order valence-electron chi connectivity index (χ0n) is 11.3. The van der Waals surface area contributed by atoms with Crippen molar-refractivity contribution in [1.82, 2.24) is 0 Å². The van der Waals surface area contributed by atoms with E-state index >= 15 is 0 Å². The van der Waals surface area contributed by atoms with E-state index in [1.807, 2.05) is 32.0 Å². The molecule has 1 aromatic rings. The van der Waals surface area contributed by atoms with E-state index in [0.717, 1.165) is 22.9 Å². The first kappa shape index (κ1) is 14.6. The number of carboxylic acid groups (broad SMARTS) is 1. The maximum absolute atomic E-state index is 12.3. The summed E-state index contributed by atoms with van der Waals surface area (Å²) in [5, 5.41) is 8.07. The van der Waals surface area contributed by atoms with E-state index in [1.165, 1.54) is 4.90 Å². The number of aryl methyl sites for hydroxylation is 2. The molecule has 0 unspecified atom stereocenters. The van der Waals surface area contributed by atoms with Crippen LogP contribution in [0.5, 0.6) is 0 Å². The van der Waals surface area contributed by atoms with E-state index < -0.39 is 11.2 Å². The highest BCUT2D eigenvalue weighted by molar-refractivity contribution is 8.01. The molecule has 0 radical (unpaired) electrons. The number of benzene rings is 1. The SMILES string of the molecule is Cc1cccc(C)c1N1C(=O)C[C@@H](SCC(=O)O)C1=O. The fourth-order valence-electron chi connectivity index (χ4n) is 2.30. The van der Waals surface area contributed by atoms with Gasteiger partial charge in [0.15, 0.2) is 0 Å². The molecule has 1 saturated heterocycles. The number of hydrogen-bond donors (Lipinski definition) is 1. The lowest BCUT2D eigenvalue weighted by Crippen LogP contribution is -2.32. The molecule has 1 aromatic carbocycles. The van der Waals surface area contributed by atoms with E-state index in [2.05, 4.69) is 0 Å². The number of rotatable bonds is 4. The average molecular weight is 293 g/mol. The Balaban J connectivity index is 2.27. The molecular weight excluding hydrogens is 278 g/mol. The molecule has 0 spiro atoms. The Hall–Kier alpha value is -1.82. The summed E-state index contributed by atoms with van der Waals surface area (Å²) in [6, 6.07) is 5.57. The first-order valence-corrected chi connectivity index (χ1v) is 7.23. The third-order valence-corrected chi connectivity index (χ3v) is 4.36. The standard InChI is InChI=1S/C14H15NO4S/c1-8-4-3-5-9(2)13(8)15-11(16)6-10(14(15)19)20-7-12(17)18/h3-5,10H,6-7H2,1-2H3,(H,17,18)/t10-/m1/s1. The van der Waals surface area contributed by atoms with E-state index in [1.54, 1.807) is 0 Å². The lowest BCUT2D eigenvalue weighted by Gasteiger charge is -2.19. The second-order valence-electron chi connectivity index (χ2n) is 4.71. The summed E-state index contributed by atoms with van der Waals surface area (Å²) in [4.78, 5) is 36.2. The fraction of sp³-hybridized carbons (Fsp3) is 0.357. The number of thioether (sulfide) groups is 1. The number of nitrogens with zero attached hydrogens (tertiary/aromatic N) is 1. The Kier molecular flexibility index (Phi) is 4.13. The Morgan fingerprint density at radius 2 is 1.95 bits per heavy atom. The summed E-state index contributed by atoms with van der Waals surface area (Å²) in [6.07, 6.45) is 0.0601. The van der Waals surface area contributed by atoms with E-state index in [-0.39, 0.29) is 24.0 Å². The van der Waals surface area contributed by atoms with Gasteiger partial charge >= 0.3 is 5.97 Å². The average Bonchev–Trinajstić information content (AvgIpc) is 2.63. The summed E-state index contributed by atoms with van der Waals surface area (Å²) in [5.74, 6) is -1.75. The van der Waals surface area contributed by atoms with Crippen LogP contribution in [0.4, 0.5) is 5.69 Å². The second kappa shape index (κ2) is 5.66. The van der Waals surface area contributed by atoms with Crippen LogP contribution >= 0.6 is 11.8 Å². The number of para-hydroxylation sites is 1. The molecule has 1 N–H and O–H groups in total. The molecule has 0 aliphatic carbocycles. The molecule has 6 heteroatoms. The number of aliphatic carboxylic acids is 1. The van der Waals surface area contributed by atoms with Gasteiger partial charge in [0.05, 0.1) is 16.7 Å². The van der Waals surface area contributed by atoms with Crippen LogP contribution in [0.25, 0.3) is 0 Å². The minimum atomic E-state index is -0.985. The number of carbonyl (C=O) groups is 3. The summed E-state index contributed by atoms with van der Waals surface area (Å²) in [5.41, 5.74) is 2.34. The summed E-state index contributed by atoms with van der Waals surface area (Å²) in [6.45, 7) is 3.70. The Bertz CT molecular complexity index is 564. The third-order valence-electron chi connectivity index (χ3n) is 3.18. The molecule has 0 aromatic heterocycles. The molecule has 1 atom stereocenters. The molecular formula is C14H15NO4S. The van der Waals surface area contributed by atoms with Crippen LogP contribution in [0.3, 0.4) is 0 Å². The molecule has 0 bridgehead atoms. The number of carboxylic acids is 1. The van der Waals surface area contributed by atoms with Gasteiger partial charge in [-0.3, -0.25) is 14.4 Å². The van der Waals surface area contributed by atoms with E-state index in [9.17, 15) is 14.4 Å². The van der Waals surface area contributed by atoms with E-state index in [0.29, 0.717) is 5.69 Å². The van der Waals surface area contributed by atoms with Gasteiger partial charge in [0.25, 0.3) is 0 Å². The Morgan fingerprint density at radius 1 is 1.35 bits per heavy atom. The topological polar surface area (TPSA) is 74.7 Å². The summed E-state index contributed by atoms with van der Waals surface area (Å²) >= 11 is 1.00. The first-order chi connectivity index (χ1) is 9.41. The quantitative estimate of drug-likeness (QED) is 0.856. The van der Waals surface area contributed by atoms with Crippen molar-refractivity contribution in [2.24, 2.45) is 0 Å². The third kappa shape index (κ3) is 2.70. The van der Waals surface area contributed by atoms with Gasteiger partial charge in [-0.25, -0.2) is 4.90 Å². The maximum atomic E-state index is 12.3. The normalized spacial score (nSPS) is 18.7. The molecule has 0 saturated carbocycles. The highest BCUT2D eigenvalue weighted by Gasteiger charge is 2.41. The summed E-state index contributed by atoms with van der Waals surface area (Å²) < 4.78 is 0. The Morgan fingerprint density at radius 3 is 2.50 bits per heavy atom. The second-order valence-corrected chi connectivity index (χ2v) is 5.90. The van der Waals surface area contributed by atoms with Gasteiger partial charge in [-0.15, -0.1) is 11.8 Å². The molecule has 1 heterocycles. The number of anilines is 1. The van der Waals surface area contributed by atoms with Crippen LogP contribution in [0, 0.1) is 13.8 Å². The number of imide groups is 1. The smallest absolute Gasteiger partial charge is 0.313 e. The number of hydrogen-bond acceptors (Lipinski definition) is 4. The number of amides is 2. The van der Waals surface area contributed by atoms with Crippen LogP contribution in [0.2, 0.25) is 0 Å². The van der Waals surface area contributed by atoms with Crippen molar-refractivity contribution in [1.29, 1.82) is 0 Å². The van der Waals surface area contributed by atoms with Crippen LogP contribution in [0.15, 0.2) is 18.2 Å². The molecule has 106 valence electrons. The maximum Gasteiger partial charge on any atom is 0.313 e. The van der Waals surface area contributed by atoms with Crippen LogP contribution in [0.1, 0.15) is 17.5 Å². The van der Waals surface area contributed by atoms with Crippen molar-refractivity contribution in [3.63, 3.8) is 0 Å².